The highest BCUT2D eigenvalue weighted by Gasteiger charge is 2.44. The summed E-state index contributed by atoms with van der Waals surface area (Å²) < 4.78 is 28.5. The Balaban J connectivity index is 0.744. The first kappa shape index (κ1) is 48.5. The molecule has 0 radical (unpaired) electrons. The smallest absolute Gasteiger partial charge is 0.262 e. The summed E-state index contributed by atoms with van der Waals surface area (Å²) in [6.07, 6.45) is 7.99. The van der Waals surface area contributed by atoms with Gasteiger partial charge in [-0.2, -0.15) is 4.98 Å². The summed E-state index contributed by atoms with van der Waals surface area (Å²) in [6.45, 7) is 12.2. The van der Waals surface area contributed by atoms with Gasteiger partial charge in [-0.15, -0.1) is 0 Å². The van der Waals surface area contributed by atoms with Crippen LogP contribution in [0, 0.1) is 6.92 Å². The molecule has 19 heteroatoms. The number of amides is 5. The summed E-state index contributed by atoms with van der Waals surface area (Å²) in [4.78, 5) is 77.3. The fourth-order valence-electron chi connectivity index (χ4n) is 8.28. The summed E-state index contributed by atoms with van der Waals surface area (Å²) >= 11 is 0. The van der Waals surface area contributed by atoms with Crippen molar-refractivity contribution in [3.8, 4) is 0 Å². The van der Waals surface area contributed by atoms with Gasteiger partial charge in [-0.3, -0.25) is 39.1 Å². The lowest BCUT2D eigenvalue weighted by atomic mass is 10.0. The van der Waals surface area contributed by atoms with Crippen molar-refractivity contribution in [2.75, 3.05) is 66.7 Å². The summed E-state index contributed by atoms with van der Waals surface area (Å²) in [5.74, 6) is -1.06. The van der Waals surface area contributed by atoms with Gasteiger partial charge in [-0.1, -0.05) is 31.7 Å². The Morgan fingerprint density at radius 2 is 1.48 bits per heavy atom. The maximum atomic E-state index is 13.1. The van der Waals surface area contributed by atoms with Crippen molar-refractivity contribution in [2.24, 2.45) is 0 Å². The number of rotatable bonds is 20. The first-order valence-electron chi connectivity index (χ1n) is 23.0. The number of aryl methyl sites for hydroxylation is 1. The Morgan fingerprint density at radius 3 is 2.19 bits per heavy atom. The predicted molar refractivity (Wildman–Crippen MR) is 257 cm³/mol. The average Bonchev–Trinajstić information content (AvgIpc) is 3.53. The van der Waals surface area contributed by atoms with E-state index in [0.29, 0.717) is 37.1 Å². The van der Waals surface area contributed by atoms with Crippen LogP contribution in [0.4, 0.5) is 34.5 Å². The molecule has 0 spiro atoms. The molecule has 3 aromatic carbocycles. The number of hydrogen-bond acceptors (Lipinski definition) is 14. The minimum absolute atomic E-state index is 0.0443. The van der Waals surface area contributed by atoms with Crippen molar-refractivity contribution < 1.29 is 32.4 Å². The zero-order valence-electron chi connectivity index (χ0n) is 38.6. The van der Waals surface area contributed by atoms with Crippen LogP contribution < -0.4 is 36.2 Å². The number of unbranched alkanes of at least 4 members (excludes halogenated alkanes) is 5. The monoisotopic (exact) mass is 935 g/mol. The number of imide groups is 2. The third kappa shape index (κ3) is 12.9. The Bertz CT molecular complexity index is 2580. The fourth-order valence-corrected chi connectivity index (χ4v) is 9.74. The van der Waals surface area contributed by atoms with E-state index in [0.717, 1.165) is 92.2 Å². The normalized spacial score (nSPS) is 16.7. The van der Waals surface area contributed by atoms with Gasteiger partial charge < -0.3 is 26.2 Å². The van der Waals surface area contributed by atoms with Gasteiger partial charge in [0.25, 0.3) is 11.8 Å². The number of anilines is 6. The van der Waals surface area contributed by atoms with E-state index in [-0.39, 0.29) is 34.8 Å². The van der Waals surface area contributed by atoms with E-state index < -0.39 is 45.2 Å². The molecule has 1 atom stereocenters. The lowest BCUT2D eigenvalue weighted by Gasteiger charge is -2.35. The third-order valence-electron chi connectivity index (χ3n) is 11.7. The minimum Gasteiger partial charge on any atom is -0.385 e. The van der Waals surface area contributed by atoms with Gasteiger partial charge in [0.05, 0.1) is 22.6 Å². The SMILES string of the molecule is Cc1cnc(Nc2ccc(N3CCN(CC(=O)NCCCCCCCCNc4ccc5c(c4)C(=O)N(C4CCC(=O)NC4=O)C5=O)CC3)cc2)nc1Nc1cccc(S(=O)(=O)NC(C)(C)C)c1. The van der Waals surface area contributed by atoms with Crippen LogP contribution in [-0.4, -0.2) is 115 Å². The molecule has 4 heterocycles. The molecule has 1 unspecified atom stereocenters. The number of nitrogens with zero attached hydrogens (tertiary/aromatic N) is 5. The quantitative estimate of drug-likeness (QED) is 0.0480. The summed E-state index contributed by atoms with van der Waals surface area (Å²) in [5.41, 5.74) is 3.93. The number of carbonyl (C=O) groups is 5. The van der Waals surface area contributed by atoms with Gasteiger partial charge in [0.15, 0.2) is 0 Å². The summed E-state index contributed by atoms with van der Waals surface area (Å²) in [5, 5.41) is 15.1. The van der Waals surface area contributed by atoms with E-state index in [4.69, 9.17) is 0 Å². The summed E-state index contributed by atoms with van der Waals surface area (Å²) in [7, 11) is -3.71. The lowest BCUT2D eigenvalue weighted by Crippen LogP contribution is -2.54. The fraction of sp³-hybridized carbons (Fsp3) is 0.438. The summed E-state index contributed by atoms with van der Waals surface area (Å²) in [6, 6.07) is 18.7. The highest BCUT2D eigenvalue weighted by molar-refractivity contribution is 7.89. The second-order valence-corrected chi connectivity index (χ2v) is 20.0. The number of aromatic nitrogens is 2. The van der Waals surface area contributed by atoms with E-state index in [9.17, 15) is 32.4 Å². The maximum absolute atomic E-state index is 13.1. The molecule has 0 bridgehead atoms. The number of fused-ring (bicyclic) bond motifs is 1. The highest BCUT2D eigenvalue weighted by atomic mass is 32.2. The van der Waals surface area contributed by atoms with Gasteiger partial charge in [0.1, 0.15) is 11.9 Å². The number of benzene rings is 3. The number of piperidine rings is 1. The van der Waals surface area contributed by atoms with Crippen LogP contribution >= 0.6 is 0 Å². The third-order valence-corrected chi connectivity index (χ3v) is 13.5. The zero-order valence-corrected chi connectivity index (χ0v) is 39.4. The van der Waals surface area contributed by atoms with Crippen LogP contribution in [0.2, 0.25) is 0 Å². The highest BCUT2D eigenvalue weighted by Crippen LogP contribution is 2.30. The van der Waals surface area contributed by atoms with Crippen LogP contribution in [0.3, 0.4) is 0 Å². The standard InChI is InChI=1S/C48H61N11O7S/c1-32-30-51-47(55-43(32)52-35-12-11-13-37(28-35)67(65,66)56-48(2,3)4)53-33-14-17-36(18-15-33)58-26-24-57(25-27-58)31-42(61)50-23-10-8-6-5-7-9-22-49-34-16-19-38-39(29-34)46(64)59(45(38)63)40-20-21-41(60)54-44(40)62/h11-19,28-30,40,49,56H,5-10,20-27,31H2,1-4H3,(H,50,61)(H,54,60,62)(H2,51,52,53,55). The number of sulfonamides is 1. The lowest BCUT2D eigenvalue weighted by molar-refractivity contribution is -0.136. The number of carbonyl (C=O) groups excluding carboxylic acids is 5. The molecule has 6 N–H and O–H groups in total. The van der Waals surface area contributed by atoms with Gasteiger partial charge in [-0.05, 0) is 108 Å². The molecule has 2 fully saturated rings. The molecule has 5 amide bonds. The Morgan fingerprint density at radius 1 is 0.791 bits per heavy atom. The van der Waals surface area contributed by atoms with Crippen LogP contribution in [0.15, 0.2) is 77.8 Å². The second kappa shape index (κ2) is 21.5. The molecule has 1 aromatic heterocycles. The Kier molecular flexibility index (Phi) is 15.5. The Hall–Kier alpha value is -6.44. The average molecular weight is 936 g/mol. The first-order valence-corrected chi connectivity index (χ1v) is 24.5. The van der Waals surface area contributed by atoms with Crippen LogP contribution in [-0.2, 0) is 24.4 Å². The Labute approximate surface area is 392 Å². The first-order chi connectivity index (χ1) is 32.0. The molecule has 4 aromatic rings. The van der Waals surface area contributed by atoms with Crippen molar-refractivity contribution in [1.82, 2.24) is 35.1 Å². The maximum Gasteiger partial charge on any atom is 0.262 e. The van der Waals surface area contributed by atoms with Gasteiger partial charge in [0.2, 0.25) is 33.7 Å². The van der Waals surface area contributed by atoms with E-state index >= 15 is 0 Å². The van der Waals surface area contributed by atoms with Gasteiger partial charge in [-0.25, -0.2) is 18.1 Å². The molecular weight excluding hydrogens is 875 g/mol. The minimum atomic E-state index is -3.71. The molecule has 18 nitrogen and oxygen atoms in total. The molecule has 356 valence electrons. The van der Waals surface area contributed by atoms with E-state index in [1.165, 1.54) is 0 Å². The number of piperazine rings is 1. The molecule has 0 aliphatic carbocycles. The molecular formula is C48H61N11O7S. The van der Waals surface area contributed by atoms with E-state index in [2.05, 4.69) is 63.2 Å². The van der Waals surface area contributed by atoms with Gasteiger partial charge >= 0.3 is 0 Å². The topological polar surface area (TPSA) is 227 Å². The van der Waals surface area contributed by atoms with Crippen LogP contribution in [0.25, 0.3) is 0 Å². The largest absolute Gasteiger partial charge is 0.385 e. The van der Waals surface area contributed by atoms with Crippen molar-refractivity contribution in [2.45, 2.75) is 95.5 Å². The number of nitrogens with one attached hydrogen (secondary N) is 6. The number of hydrogen-bond donors (Lipinski definition) is 6. The van der Waals surface area contributed by atoms with Gasteiger partial charge in [0, 0.05) is 85.7 Å². The molecule has 67 heavy (non-hydrogen) atoms. The van der Waals surface area contributed by atoms with Crippen LogP contribution in [0.1, 0.15) is 98.4 Å². The second-order valence-electron chi connectivity index (χ2n) is 18.3. The predicted octanol–water partition coefficient (Wildman–Crippen LogP) is 5.44. The molecule has 2 saturated heterocycles. The molecule has 7 rings (SSSR count). The van der Waals surface area contributed by atoms with Crippen molar-refractivity contribution in [3.63, 3.8) is 0 Å². The molecule has 3 aliphatic rings. The van der Waals surface area contributed by atoms with E-state index in [1.807, 2.05) is 19.1 Å². The molecule has 0 saturated carbocycles. The van der Waals surface area contributed by atoms with Crippen LogP contribution in [0.5, 0.6) is 0 Å². The van der Waals surface area contributed by atoms with Crippen molar-refractivity contribution in [3.05, 3.63) is 89.6 Å². The zero-order chi connectivity index (χ0) is 47.7. The van der Waals surface area contributed by atoms with Crippen molar-refractivity contribution in [1.29, 1.82) is 0 Å². The molecule has 3 aliphatic heterocycles. The van der Waals surface area contributed by atoms with Crippen molar-refractivity contribution >= 4 is 74.1 Å². The van der Waals surface area contributed by atoms with E-state index in [1.54, 1.807) is 69.4 Å².